The quantitative estimate of drug-likeness (QED) is 0.506. The third-order valence-corrected chi connectivity index (χ3v) is 6.57. The molecule has 3 aromatic carbocycles. The predicted octanol–water partition coefficient (Wildman–Crippen LogP) is 4.87. The van der Waals surface area contributed by atoms with Crippen LogP contribution in [0.15, 0.2) is 95.5 Å². The zero-order valence-corrected chi connectivity index (χ0v) is 21.1. The standard InChI is InChI=1S/C30H27N3O4/c1-18-14-15-21(16-19(18)2)22-12-8-9-13-24(22)33-27(30(35)37-4)26(29(34)36-3)25(23(17-31)28(33)32)20-10-6-5-7-11-20/h5-16,25H,32H2,1-4H3. The van der Waals surface area contributed by atoms with Gasteiger partial charge in [0.05, 0.1) is 43.0 Å². The Labute approximate surface area is 216 Å². The minimum Gasteiger partial charge on any atom is -0.466 e. The van der Waals surface area contributed by atoms with Crippen molar-refractivity contribution in [2.24, 2.45) is 5.73 Å². The molecule has 1 heterocycles. The van der Waals surface area contributed by atoms with Crippen molar-refractivity contribution in [3.63, 3.8) is 0 Å². The van der Waals surface area contributed by atoms with Crippen molar-refractivity contribution < 1.29 is 19.1 Å². The fourth-order valence-electron chi connectivity index (χ4n) is 4.59. The number of ether oxygens (including phenoxy) is 2. The maximum Gasteiger partial charge on any atom is 0.355 e. The maximum absolute atomic E-state index is 13.4. The highest BCUT2D eigenvalue weighted by atomic mass is 16.5. The number of allylic oxidation sites excluding steroid dienone is 1. The number of para-hydroxylation sites is 1. The summed E-state index contributed by atoms with van der Waals surface area (Å²) in [5.41, 5.74) is 11.7. The molecule has 0 saturated carbocycles. The molecule has 1 unspecified atom stereocenters. The van der Waals surface area contributed by atoms with Gasteiger partial charge < -0.3 is 15.2 Å². The first kappa shape index (κ1) is 25.3. The van der Waals surface area contributed by atoms with Gasteiger partial charge in [0.15, 0.2) is 0 Å². The van der Waals surface area contributed by atoms with E-state index in [1.54, 1.807) is 36.4 Å². The van der Waals surface area contributed by atoms with E-state index in [0.717, 1.165) is 22.3 Å². The molecule has 0 amide bonds. The molecule has 7 nitrogen and oxygen atoms in total. The summed E-state index contributed by atoms with van der Waals surface area (Å²) in [6.45, 7) is 4.05. The number of anilines is 1. The van der Waals surface area contributed by atoms with E-state index in [0.29, 0.717) is 11.3 Å². The molecule has 0 aromatic heterocycles. The van der Waals surface area contributed by atoms with Crippen molar-refractivity contribution in [1.82, 2.24) is 0 Å². The number of aryl methyl sites for hydroxylation is 2. The van der Waals surface area contributed by atoms with Crippen molar-refractivity contribution in [3.05, 3.63) is 112 Å². The lowest BCUT2D eigenvalue weighted by molar-refractivity contribution is -0.139. The van der Waals surface area contributed by atoms with E-state index in [4.69, 9.17) is 15.2 Å². The lowest BCUT2D eigenvalue weighted by atomic mass is 9.80. The highest BCUT2D eigenvalue weighted by Gasteiger charge is 2.43. The number of hydrogen-bond donors (Lipinski definition) is 1. The van der Waals surface area contributed by atoms with Gasteiger partial charge in [-0.3, -0.25) is 4.90 Å². The molecule has 1 aliphatic heterocycles. The number of carbonyl (C=O) groups is 2. The zero-order chi connectivity index (χ0) is 26.7. The molecule has 0 aliphatic carbocycles. The van der Waals surface area contributed by atoms with Crippen molar-refractivity contribution in [2.75, 3.05) is 19.1 Å². The summed E-state index contributed by atoms with van der Waals surface area (Å²) in [6.07, 6.45) is 0. The molecule has 186 valence electrons. The monoisotopic (exact) mass is 493 g/mol. The van der Waals surface area contributed by atoms with E-state index in [-0.39, 0.29) is 22.7 Å². The van der Waals surface area contributed by atoms with Crippen LogP contribution in [0, 0.1) is 25.2 Å². The van der Waals surface area contributed by atoms with E-state index in [1.165, 1.54) is 19.1 Å². The van der Waals surface area contributed by atoms with Crippen molar-refractivity contribution in [3.8, 4) is 17.2 Å². The molecule has 3 aromatic rings. The van der Waals surface area contributed by atoms with E-state index in [2.05, 4.69) is 6.07 Å². The number of esters is 2. The molecule has 0 bridgehead atoms. The Morgan fingerprint density at radius 1 is 0.892 bits per heavy atom. The summed E-state index contributed by atoms with van der Waals surface area (Å²) in [4.78, 5) is 28.1. The highest BCUT2D eigenvalue weighted by Crippen LogP contribution is 2.45. The van der Waals surface area contributed by atoms with Crippen LogP contribution in [-0.4, -0.2) is 26.2 Å². The second kappa shape index (κ2) is 10.4. The topological polar surface area (TPSA) is 106 Å². The number of nitrogens with two attached hydrogens (primary N) is 1. The Morgan fingerprint density at radius 3 is 2.16 bits per heavy atom. The van der Waals surface area contributed by atoms with Gasteiger partial charge in [0, 0.05) is 5.56 Å². The number of benzene rings is 3. The molecule has 4 rings (SSSR count). The second-order valence-electron chi connectivity index (χ2n) is 8.65. The maximum atomic E-state index is 13.4. The average Bonchev–Trinajstić information content (AvgIpc) is 2.93. The number of rotatable bonds is 5. The van der Waals surface area contributed by atoms with Gasteiger partial charge in [0.2, 0.25) is 0 Å². The van der Waals surface area contributed by atoms with Crippen LogP contribution in [0.5, 0.6) is 0 Å². The van der Waals surface area contributed by atoms with Crippen LogP contribution in [0.2, 0.25) is 0 Å². The summed E-state index contributed by atoms with van der Waals surface area (Å²) in [6, 6.07) is 24.5. The van der Waals surface area contributed by atoms with Gasteiger partial charge in [-0.2, -0.15) is 5.26 Å². The molecular formula is C30H27N3O4. The minimum absolute atomic E-state index is 0.0267. The van der Waals surface area contributed by atoms with E-state index >= 15 is 0 Å². The number of hydrogen-bond acceptors (Lipinski definition) is 7. The highest BCUT2D eigenvalue weighted by molar-refractivity contribution is 6.07. The van der Waals surface area contributed by atoms with Crippen molar-refractivity contribution >= 4 is 17.6 Å². The van der Waals surface area contributed by atoms with Gasteiger partial charge >= 0.3 is 11.9 Å². The van der Waals surface area contributed by atoms with Crippen LogP contribution in [0.4, 0.5) is 5.69 Å². The third kappa shape index (κ3) is 4.45. The second-order valence-corrected chi connectivity index (χ2v) is 8.65. The summed E-state index contributed by atoms with van der Waals surface area (Å²) in [5, 5.41) is 10.3. The molecular weight excluding hydrogens is 466 g/mol. The van der Waals surface area contributed by atoms with Crippen molar-refractivity contribution in [2.45, 2.75) is 19.8 Å². The average molecular weight is 494 g/mol. The Balaban J connectivity index is 2.09. The number of nitriles is 1. The largest absolute Gasteiger partial charge is 0.466 e. The summed E-state index contributed by atoms with van der Waals surface area (Å²) < 4.78 is 10.3. The Morgan fingerprint density at radius 2 is 1.54 bits per heavy atom. The van der Waals surface area contributed by atoms with Gasteiger partial charge in [-0.05, 0) is 42.2 Å². The van der Waals surface area contributed by atoms with Gasteiger partial charge in [-0.1, -0.05) is 66.7 Å². The summed E-state index contributed by atoms with van der Waals surface area (Å²) in [7, 11) is 2.46. The van der Waals surface area contributed by atoms with Crippen molar-refractivity contribution in [1.29, 1.82) is 5.26 Å². The normalized spacial score (nSPS) is 15.3. The molecule has 0 radical (unpaired) electrons. The lowest BCUT2D eigenvalue weighted by Crippen LogP contribution is -2.41. The molecule has 37 heavy (non-hydrogen) atoms. The van der Waals surface area contributed by atoms with Gasteiger partial charge in [-0.25, -0.2) is 9.59 Å². The molecule has 0 fully saturated rings. The van der Waals surface area contributed by atoms with Gasteiger partial charge in [-0.15, -0.1) is 0 Å². The molecule has 0 spiro atoms. The van der Waals surface area contributed by atoms with Crippen LogP contribution in [0.1, 0.15) is 22.6 Å². The smallest absolute Gasteiger partial charge is 0.355 e. The number of carbonyl (C=O) groups excluding carboxylic acids is 2. The fraction of sp³-hybridized carbons (Fsp3) is 0.167. The van der Waals surface area contributed by atoms with E-state index in [9.17, 15) is 14.9 Å². The zero-order valence-electron chi connectivity index (χ0n) is 21.1. The Kier molecular flexibility index (Phi) is 7.12. The number of nitrogens with zero attached hydrogens (tertiary/aromatic N) is 2. The first-order valence-electron chi connectivity index (χ1n) is 11.7. The van der Waals surface area contributed by atoms with Crippen LogP contribution >= 0.6 is 0 Å². The first-order valence-corrected chi connectivity index (χ1v) is 11.7. The molecule has 1 atom stereocenters. The summed E-state index contributed by atoms with van der Waals surface area (Å²) in [5.74, 6) is -2.43. The van der Waals surface area contributed by atoms with Crippen LogP contribution in [0.25, 0.3) is 11.1 Å². The van der Waals surface area contributed by atoms with E-state index in [1.807, 2.05) is 50.2 Å². The molecule has 0 saturated heterocycles. The third-order valence-electron chi connectivity index (χ3n) is 6.57. The SMILES string of the molecule is COC(=O)C1=C(C(=O)OC)N(c2ccccc2-c2ccc(C)c(C)c2)C(N)=C(C#N)C1c1ccccc1. The Hall–Kier alpha value is -4.83. The predicted molar refractivity (Wildman–Crippen MR) is 141 cm³/mol. The van der Waals surface area contributed by atoms with Crippen LogP contribution in [-0.2, 0) is 19.1 Å². The summed E-state index contributed by atoms with van der Waals surface area (Å²) >= 11 is 0. The van der Waals surface area contributed by atoms with E-state index < -0.39 is 17.9 Å². The molecule has 2 N–H and O–H groups in total. The number of methoxy groups -OCH3 is 2. The van der Waals surface area contributed by atoms with Gasteiger partial charge in [0.25, 0.3) is 0 Å². The molecule has 1 aliphatic rings. The fourth-order valence-corrected chi connectivity index (χ4v) is 4.59. The lowest BCUT2D eigenvalue weighted by Gasteiger charge is -2.36. The van der Waals surface area contributed by atoms with Gasteiger partial charge in [0.1, 0.15) is 11.5 Å². The minimum atomic E-state index is -0.919. The first-order chi connectivity index (χ1) is 17.8. The molecule has 7 heteroatoms. The van der Waals surface area contributed by atoms with Crippen LogP contribution < -0.4 is 10.6 Å². The van der Waals surface area contributed by atoms with Crippen LogP contribution in [0.3, 0.4) is 0 Å². The Bertz CT molecular complexity index is 1480.